The summed E-state index contributed by atoms with van der Waals surface area (Å²) in [5, 5.41) is 9.80. The molecule has 2 aromatic rings. The zero-order chi connectivity index (χ0) is 30.3. The molecule has 3 atom stereocenters. The van der Waals surface area contributed by atoms with Crippen LogP contribution >= 0.6 is 0 Å². The molecule has 10 nitrogen and oxygen atoms in total. The van der Waals surface area contributed by atoms with Crippen LogP contribution < -0.4 is 10.5 Å². The normalized spacial score (nSPS) is 24.6. The van der Waals surface area contributed by atoms with Crippen molar-refractivity contribution in [3.63, 3.8) is 0 Å². The van der Waals surface area contributed by atoms with Gasteiger partial charge in [-0.3, -0.25) is 19.4 Å². The summed E-state index contributed by atoms with van der Waals surface area (Å²) in [6, 6.07) is 4.60. The lowest BCUT2D eigenvalue weighted by atomic mass is 9.91. The number of anilines is 1. The summed E-state index contributed by atoms with van der Waals surface area (Å²) < 4.78 is 33.4. The first-order chi connectivity index (χ1) is 19.8. The minimum atomic E-state index is -0.974. The molecular formula is C30H39F2N5O5. The third-order valence-corrected chi connectivity index (χ3v) is 8.80. The van der Waals surface area contributed by atoms with E-state index in [9.17, 15) is 28.3 Å². The Bertz CT molecular complexity index is 1410. The Balaban J connectivity index is 1.40. The van der Waals surface area contributed by atoms with E-state index in [4.69, 9.17) is 4.74 Å². The fraction of sp³-hybridized carbons (Fsp3) is 0.567. The van der Waals surface area contributed by atoms with Gasteiger partial charge in [0.2, 0.25) is 5.91 Å². The van der Waals surface area contributed by atoms with Gasteiger partial charge in [0.15, 0.2) is 0 Å². The van der Waals surface area contributed by atoms with E-state index in [2.05, 4.69) is 21.7 Å². The second-order valence-electron chi connectivity index (χ2n) is 12.4. The molecule has 0 aliphatic carbocycles. The number of amides is 2. The summed E-state index contributed by atoms with van der Waals surface area (Å²) in [4.78, 5) is 49.3. The summed E-state index contributed by atoms with van der Waals surface area (Å²) in [6.45, 7) is 11.5. The second kappa shape index (κ2) is 11.7. The first-order valence-electron chi connectivity index (χ1n) is 14.4. The van der Waals surface area contributed by atoms with Gasteiger partial charge in [0.25, 0.3) is 5.56 Å². The van der Waals surface area contributed by atoms with Crippen molar-refractivity contribution >= 4 is 17.7 Å². The number of carbonyl (C=O) groups is 2. The van der Waals surface area contributed by atoms with E-state index in [0.29, 0.717) is 44.2 Å². The van der Waals surface area contributed by atoms with Crippen molar-refractivity contribution in [1.29, 1.82) is 0 Å². The molecule has 0 unspecified atom stereocenters. The first kappa shape index (κ1) is 30.1. The molecule has 2 N–H and O–H groups in total. The van der Waals surface area contributed by atoms with Gasteiger partial charge in [0.05, 0.1) is 25.4 Å². The van der Waals surface area contributed by atoms with Gasteiger partial charge in [-0.1, -0.05) is 19.9 Å². The highest BCUT2D eigenvalue weighted by atomic mass is 19.1. The predicted octanol–water partition coefficient (Wildman–Crippen LogP) is 2.64. The zero-order valence-corrected chi connectivity index (χ0v) is 24.5. The Morgan fingerprint density at radius 1 is 1.10 bits per heavy atom. The smallest absolute Gasteiger partial charge is 0.407 e. The minimum absolute atomic E-state index is 0.0499. The number of morpholine rings is 1. The van der Waals surface area contributed by atoms with E-state index in [-0.39, 0.29) is 60.2 Å². The Labute approximate surface area is 243 Å². The highest BCUT2D eigenvalue weighted by Gasteiger charge is 2.42. The van der Waals surface area contributed by atoms with Crippen molar-refractivity contribution < 1.29 is 28.2 Å². The maximum absolute atomic E-state index is 14.4. The molecule has 3 aliphatic heterocycles. The number of rotatable bonds is 6. The molecule has 0 spiro atoms. The monoisotopic (exact) mass is 587 g/mol. The third kappa shape index (κ3) is 6.06. The molecule has 4 heterocycles. The number of carboxylic acid groups (broad SMARTS) is 1. The van der Waals surface area contributed by atoms with Crippen LogP contribution in [-0.2, 0) is 21.4 Å². The van der Waals surface area contributed by atoms with Crippen LogP contribution in [-0.4, -0.2) is 107 Å². The van der Waals surface area contributed by atoms with Crippen molar-refractivity contribution in [3.8, 4) is 0 Å². The molecule has 1 aromatic carbocycles. The molecule has 228 valence electrons. The zero-order valence-electron chi connectivity index (χ0n) is 24.5. The number of aromatic nitrogens is 1. The average molecular weight is 588 g/mol. The van der Waals surface area contributed by atoms with E-state index >= 15 is 0 Å². The fourth-order valence-corrected chi connectivity index (χ4v) is 6.38. The number of piperazine rings is 1. The summed E-state index contributed by atoms with van der Waals surface area (Å²) in [7, 11) is 0. The van der Waals surface area contributed by atoms with Gasteiger partial charge >= 0.3 is 6.09 Å². The van der Waals surface area contributed by atoms with Gasteiger partial charge in [-0.25, -0.2) is 13.6 Å². The van der Waals surface area contributed by atoms with Crippen molar-refractivity contribution in [2.75, 3.05) is 57.4 Å². The summed E-state index contributed by atoms with van der Waals surface area (Å²) in [5.74, 6) is -1.60. The second-order valence-corrected chi connectivity index (χ2v) is 12.4. The summed E-state index contributed by atoms with van der Waals surface area (Å²) in [5.41, 5.74) is 0.754. The highest BCUT2D eigenvalue weighted by molar-refractivity contribution is 5.97. The number of fused-ring (bicyclic) bond motifs is 1. The lowest BCUT2D eigenvalue weighted by Gasteiger charge is -2.47. The molecule has 2 fully saturated rings. The lowest BCUT2D eigenvalue weighted by molar-refractivity contribution is -0.121. The van der Waals surface area contributed by atoms with Gasteiger partial charge < -0.3 is 24.6 Å². The Kier molecular flexibility index (Phi) is 8.41. The molecule has 2 amide bonds. The number of benzene rings is 1. The summed E-state index contributed by atoms with van der Waals surface area (Å²) in [6.07, 6.45) is -1.02. The SMILES string of the molecule is C[C@@H]1COCCN1C[C@H]1CN(C(=O)O)[C@H](C)CN1CC(=O)N1CC(C)(C)c2[nH]c(=O)c(Cc3ccc(F)cc3F)cc21. The van der Waals surface area contributed by atoms with E-state index < -0.39 is 23.1 Å². The fourth-order valence-electron chi connectivity index (χ4n) is 6.38. The van der Waals surface area contributed by atoms with Crippen LogP contribution in [0.3, 0.4) is 0 Å². The van der Waals surface area contributed by atoms with Crippen LogP contribution in [0.15, 0.2) is 29.1 Å². The molecule has 0 bridgehead atoms. The minimum Gasteiger partial charge on any atom is -0.465 e. The van der Waals surface area contributed by atoms with Gasteiger partial charge in [-0.2, -0.15) is 0 Å². The molecule has 5 rings (SSSR count). The standard InChI is InChI=1S/C30H39F2N5O5/c1-18-12-35(23(14-36(18)29(40)41)13-34-7-8-42-16-19(34)2)15-26(38)37-17-30(3,4)27-25(37)10-21(28(39)33-27)9-20-5-6-22(31)11-24(20)32/h5-6,10-11,18-19,23H,7-9,12-17H2,1-4H3,(H,33,39)(H,40,41)/t18-,19-,23+/m1/s1. The van der Waals surface area contributed by atoms with Gasteiger partial charge in [-0.15, -0.1) is 0 Å². The number of H-pyrrole nitrogens is 1. The van der Waals surface area contributed by atoms with Crippen molar-refractivity contribution in [2.24, 2.45) is 0 Å². The number of hydrogen-bond donors (Lipinski definition) is 2. The molecular weight excluding hydrogens is 548 g/mol. The maximum atomic E-state index is 14.4. The number of pyridine rings is 1. The average Bonchev–Trinajstić information content (AvgIpc) is 3.17. The Hall–Kier alpha value is -3.35. The van der Waals surface area contributed by atoms with Crippen LogP contribution in [0.5, 0.6) is 0 Å². The molecule has 3 aliphatic rings. The van der Waals surface area contributed by atoms with Crippen molar-refractivity contribution in [3.05, 3.63) is 63.1 Å². The topological polar surface area (TPSA) is 109 Å². The van der Waals surface area contributed by atoms with Crippen molar-refractivity contribution in [2.45, 2.75) is 57.7 Å². The molecule has 0 radical (unpaired) electrons. The van der Waals surface area contributed by atoms with Gasteiger partial charge in [0.1, 0.15) is 11.6 Å². The van der Waals surface area contributed by atoms with Crippen LogP contribution in [0, 0.1) is 11.6 Å². The number of halogens is 2. The predicted molar refractivity (Wildman–Crippen MR) is 153 cm³/mol. The lowest BCUT2D eigenvalue weighted by Crippen LogP contribution is -2.64. The molecule has 12 heteroatoms. The van der Waals surface area contributed by atoms with E-state index in [1.54, 1.807) is 11.0 Å². The number of nitrogens with one attached hydrogen (secondary N) is 1. The molecule has 1 aromatic heterocycles. The maximum Gasteiger partial charge on any atom is 0.407 e. The number of hydrogen-bond acceptors (Lipinski definition) is 6. The molecule has 0 saturated carbocycles. The van der Waals surface area contributed by atoms with Crippen LogP contribution in [0.2, 0.25) is 0 Å². The molecule has 2 saturated heterocycles. The quantitative estimate of drug-likeness (QED) is 0.535. The Morgan fingerprint density at radius 3 is 2.55 bits per heavy atom. The van der Waals surface area contributed by atoms with E-state index in [1.807, 2.05) is 20.8 Å². The number of aromatic amines is 1. The van der Waals surface area contributed by atoms with Crippen LogP contribution in [0.25, 0.3) is 0 Å². The first-order valence-corrected chi connectivity index (χ1v) is 14.4. The number of nitrogens with zero attached hydrogens (tertiary/aromatic N) is 4. The Morgan fingerprint density at radius 2 is 1.86 bits per heavy atom. The van der Waals surface area contributed by atoms with E-state index in [0.717, 1.165) is 18.7 Å². The van der Waals surface area contributed by atoms with Crippen LogP contribution in [0.1, 0.15) is 44.5 Å². The largest absolute Gasteiger partial charge is 0.465 e. The number of ether oxygens (including phenoxy) is 1. The van der Waals surface area contributed by atoms with Crippen molar-refractivity contribution in [1.82, 2.24) is 19.7 Å². The summed E-state index contributed by atoms with van der Waals surface area (Å²) >= 11 is 0. The third-order valence-electron chi connectivity index (χ3n) is 8.80. The number of carbonyl (C=O) groups excluding carboxylic acids is 1. The highest BCUT2D eigenvalue weighted by Crippen LogP contribution is 2.39. The van der Waals surface area contributed by atoms with E-state index in [1.165, 1.54) is 11.0 Å². The molecule has 42 heavy (non-hydrogen) atoms. The van der Waals surface area contributed by atoms with Crippen LogP contribution in [0.4, 0.5) is 19.3 Å². The van der Waals surface area contributed by atoms with Gasteiger partial charge in [0, 0.05) is 80.0 Å². The van der Waals surface area contributed by atoms with Gasteiger partial charge in [-0.05, 0) is 31.5 Å².